The topological polar surface area (TPSA) is 3.01 Å². The molecule has 2 aliphatic rings. The third-order valence-corrected chi connectivity index (χ3v) is 10.1. The second-order valence-corrected chi connectivity index (χ2v) is 12.5. The van der Waals surface area contributed by atoms with Crippen molar-refractivity contribution in [2.24, 2.45) is 5.92 Å². The number of nitrogens with zero attached hydrogens (tertiary/aromatic N) is 1. The third-order valence-electron chi connectivity index (χ3n) is 10.1. The summed E-state index contributed by atoms with van der Waals surface area (Å²) in [7, 11) is 0. The molecule has 1 fully saturated rings. The average molecular weight is 562 g/mol. The second kappa shape index (κ2) is 13.9. The Kier molecular flexibility index (Phi) is 9.33. The molecule has 0 bridgehead atoms. The molecule has 0 saturated heterocycles. The van der Waals surface area contributed by atoms with Crippen LogP contribution in [0.15, 0.2) is 146 Å². The number of fused-ring (bicyclic) bond motifs is 1. The van der Waals surface area contributed by atoms with E-state index in [4.69, 9.17) is 0 Å². The molecule has 43 heavy (non-hydrogen) atoms. The summed E-state index contributed by atoms with van der Waals surface area (Å²) in [4.78, 5) is 0. The van der Waals surface area contributed by atoms with Gasteiger partial charge in [-0.3, -0.25) is 0 Å². The van der Waals surface area contributed by atoms with Gasteiger partial charge < -0.3 is 0 Å². The second-order valence-electron chi connectivity index (χ2n) is 12.5. The zero-order valence-corrected chi connectivity index (χ0v) is 25.6. The molecule has 1 nitrogen and oxygen atoms in total. The van der Waals surface area contributed by atoms with Crippen LogP contribution in [0.1, 0.15) is 50.2 Å². The van der Waals surface area contributed by atoms with Gasteiger partial charge in [0.15, 0.2) is 12.3 Å². The van der Waals surface area contributed by atoms with Gasteiger partial charge in [-0.05, 0) is 31.4 Å². The minimum atomic E-state index is -1.22. The summed E-state index contributed by atoms with van der Waals surface area (Å²) in [6.45, 7) is 3.63. The Labute approximate surface area is 258 Å². The fourth-order valence-electron chi connectivity index (χ4n) is 7.71. The SMILES string of the molecule is C[C@@H](C1CCCCC1)[N+]1=Cc2ccccc2CC1.c1ccc([B-](c2ccccc2)(c2ccccc2)c2ccccc2)cc1. The molecule has 5 aromatic rings. The predicted molar refractivity (Wildman–Crippen MR) is 187 cm³/mol. The molecule has 1 atom stereocenters. The predicted octanol–water partition coefficient (Wildman–Crippen LogP) is 6.71. The molecule has 1 saturated carbocycles. The Balaban J connectivity index is 0.000000162. The Morgan fingerprint density at radius 3 is 1.42 bits per heavy atom. The molecule has 1 aliphatic carbocycles. The van der Waals surface area contributed by atoms with Gasteiger partial charge in [-0.15, -0.1) is 0 Å². The van der Waals surface area contributed by atoms with E-state index in [9.17, 15) is 0 Å². The molecule has 5 aromatic carbocycles. The molecule has 216 valence electrons. The van der Waals surface area contributed by atoms with Crippen LogP contribution in [0.2, 0.25) is 0 Å². The van der Waals surface area contributed by atoms with E-state index in [1.165, 1.54) is 78.0 Å². The lowest BCUT2D eigenvalue weighted by Crippen LogP contribution is -2.74. The molecule has 0 N–H and O–H groups in total. The lowest BCUT2D eigenvalue weighted by molar-refractivity contribution is -0.568. The van der Waals surface area contributed by atoms with E-state index >= 15 is 0 Å². The van der Waals surface area contributed by atoms with Crippen molar-refractivity contribution < 1.29 is 4.58 Å². The van der Waals surface area contributed by atoms with Crippen LogP contribution >= 0.6 is 0 Å². The fourth-order valence-corrected chi connectivity index (χ4v) is 7.71. The Bertz CT molecular complexity index is 1430. The van der Waals surface area contributed by atoms with E-state index in [1.54, 1.807) is 0 Å². The molecule has 1 heterocycles. The van der Waals surface area contributed by atoms with Crippen LogP contribution in [0.5, 0.6) is 0 Å². The number of rotatable bonds is 6. The number of benzene rings is 5. The van der Waals surface area contributed by atoms with E-state index in [2.05, 4.69) is 163 Å². The van der Waals surface area contributed by atoms with E-state index in [-0.39, 0.29) is 0 Å². The van der Waals surface area contributed by atoms with Crippen LogP contribution in [0.25, 0.3) is 0 Å². The summed E-state index contributed by atoms with van der Waals surface area (Å²) in [6, 6.07) is 53.1. The van der Waals surface area contributed by atoms with Crippen molar-refractivity contribution in [3.63, 3.8) is 0 Å². The van der Waals surface area contributed by atoms with Crippen molar-refractivity contribution in [2.75, 3.05) is 6.54 Å². The monoisotopic (exact) mass is 561 g/mol. The van der Waals surface area contributed by atoms with E-state index in [1.807, 2.05) is 0 Å². The Hall–Kier alpha value is -4.17. The smallest absolute Gasteiger partial charge is 0.171 e. The summed E-state index contributed by atoms with van der Waals surface area (Å²) in [5, 5.41) is 0. The van der Waals surface area contributed by atoms with Crippen LogP contribution in [0, 0.1) is 5.92 Å². The van der Waals surface area contributed by atoms with E-state index < -0.39 is 6.15 Å². The van der Waals surface area contributed by atoms with Gasteiger partial charge in [-0.1, -0.05) is 159 Å². The van der Waals surface area contributed by atoms with Gasteiger partial charge in [0.25, 0.3) is 0 Å². The van der Waals surface area contributed by atoms with Gasteiger partial charge in [0.2, 0.25) is 0 Å². The number of hydrogen-bond donors (Lipinski definition) is 0. The van der Waals surface area contributed by atoms with Crippen molar-refractivity contribution in [2.45, 2.75) is 51.5 Å². The van der Waals surface area contributed by atoms with E-state index in [0.29, 0.717) is 0 Å². The first-order chi connectivity index (χ1) is 21.3. The van der Waals surface area contributed by atoms with Gasteiger partial charge in [0.1, 0.15) is 12.7 Å². The van der Waals surface area contributed by atoms with Gasteiger partial charge >= 0.3 is 0 Å². The van der Waals surface area contributed by atoms with Gasteiger partial charge in [0, 0.05) is 17.9 Å². The van der Waals surface area contributed by atoms with Gasteiger partial charge in [0.05, 0.1) is 0 Å². The summed E-state index contributed by atoms with van der Waals surface area (Å²) >= 11 is 0. The molecule has 0 unspecified atom stereocenters. The fraction of sp³-hybridized carbons (Fsp3) is 0.244. The molecular formula is C41H44BN. The third kappa shape index (κ3) is 6.30. The summed E-state index contributed by atoms with van der Waals surface area (Å²) in [6.07, 6.45) is 9.61. The van der Waals surface area contributed by atoms with Crippen molar-refractivity contribution in [3.05, 3.63) is 157 Å². The highest BCUT2D eigenvalue weighted by molar-refractivity contribution is 7.19. The molecule has 0 spiro atoms. The molecule has 0 amide bonds. The summed E-state index contributed by atoms with van der Waals surface area (Å²) in [5.41, 5.74) is 8.31. The average Bonchev–Trinajstić information content (AvgIpc) is 3.11. The Morgan fingerprint density at radius 1 is 0.535 bits per heavy atom. The molecule has 2 heteroatoms. The first-order valence-electron chi connectivity index (χ1n) is 16.3. The minimum Gasteiger partial charge on any atom is -0.233 e. The maximum atomic E-state index is 2.60. The van der Waals surface area contributed by atoms with E-state index in [0.717, 1.165) is 12.0 Å². The van der Waals surface area contributed by atoms with Crippen molar-refractivity contribution >= 4 is 34.2 Å². The normalized spacial score (nSPS) is 15.8. The maximum absolute atomic E-state index is 2.60. The lowest BCUT2D eigenvalue weighted by atomic mass is 9.13. The maximum Gasteiger partial charge on any atom is 0.171 e. The largest absolute Gasteiger partial charge is 0.233 e. The zero-order valence-electron chi connectivity index (χ0n) is 25.6. The highest BCUT2D eigenvalue weighted by Crippen LogP contribution is 2.28. The van der Waals surface area contributed by atoms with Crippen molar-refractivity contribution in [1.29, 1.82) is 0 Å². The molecular weight excluding hydrogens is 517 g/mol. The zero-order chi connectivity index (χ0) is 29.3. The first kappa shape index (κ1) is 28.9. The first-order valence-corrected chi connectivity index (χ1v) is 16.3. The van der Waals surface area contributed by atoms with Gasteiger partial charge in [-0.25, -0.2) is 4.58 Å². The minimum absolute atomic E-state index is 0.721. The highest BCUT2D eigenvalue weighted by atomic mass is 15.0. The van der Waals surface area contributed by atoms with Gasteiger partial charge in [-0.2, -0.15) is 21.9 Å². The molecule has 7 rings (SSSR count). The molecule has 0 aromatic heterocycles. The quantitative estimate of drug-likeness (QED) is 0.160. The van der Waals surface area contributed by atoms with Crippen LogP contribution in [0.3, 0.4) is 0 Å². The Morgan fingerprint density at radius 2 is 0.953 bits per heavy atom. The summed E-state index contributed by atoms with van der Waals surface area (Å²) in [5.74, 6) is 0.917. The highest BCUT2D eigenvalue weighted by Gasteiger charge is 2.31. The van der Waals surface area contributed by atoms with Crippen molar-refractivity contribution in [3.8, 4) is 0 Å². The number of hydrogen-bond acceptors (Lipinski definition) is 0. The molecule has 0 radical (unpaired) electrons. The molecule has 1 aliphatic heterocycles. The van der Waals surface area contributed by atoms with Crippen LogP contribution < -0.4 is 21.9 Å². The van der Waals surface area contributed by atoms with Crippen LogP contribution in [0.4, 0.5) is 0 Å². The van der Waals surface area contributed by atoms with Crippen LogP contribution in [-0.2, 0) is 6.42 Å². The van der Waals surface area contributed by atoms with Crippen LogP contribution in [-0.4, -0.2) is 29.5 Å². The summed E-state index contributed by atoms with van der Waals surface area (Å²) < 4.78 is 2.60. The standard InChI is InChI=1S/C24H20B.C17H24N/c1-5-13-21(14-6-1)25(22-15-7-2-8-16-22,23-17-9-3-10-18-23)24-19-11-4-12-20-24;1-14(15-7-3-2-4-8-15)18-12-11-16-9-5-6-10-17(16)13-18/h1-20H;5-6,9-10,13-15H,2-4,7-8,11-12H2,1H3/q-1;+1/t;14-/m.0/s1. The lowest BCUT2D eigenvalue weighted by Gasteiger charge is -2.44. The van der Waals surface area contributed by atoms with Crippen molar-refractivity contribution in [1.82, 2.24) is 0 Å².